The third kappa shape index (κ3) is 4.17. The number of rotatable bonds is 4. The van der Waals surface area contributed by atoms with Crippen LogP contribution < -0.4 is 10.2 Å². The van der Waals surface area contributed by atoms with Crippen LogP contribution in [0.4, 0.5) is 5.69 Å². The first-order valence-corrected chi connectivity index (χ1v) is 8.69. The second-order valence-corrected chi connectivity index (χ2v) is 6.51. The molecule has 2 heterocycles. The Hall–Kier alpha value is -2.94. The number of amidine groups is 1. The summed E-state index contributed by atoms with van der Waals surface area (Å²) in [7, 11) is 1.24. The first-order chi connectivity index (χ1) is 12.6. The van der Waals surface area contributed by atoms with E-state index in [1.165, 1.54) is 13.3 Å². The van der Waals surface area contributed by atoms with Gasteiger partial charge in [-0.05, 0) is 35.9 Å². The molecule has 0 aromatic heterocycles. The highest BCUT2D eigenvalue weighted by atomic mass is 32.2. The average Bonchev–Trinajstić information content (AvgIpc) is 3.21. The zero-order valence-corrected chi connectivity index (χ0v) is 14.8. The Bertz CT molecular complexity index is 830. The van der Waals surface area contributed by atoms with Crippen LogP contribution in [0.15, 0.2) is 45.4 Å². The van der Waals surface area contributed by atoms with Crippen molar-refractivity contribution in [3.05, 3.63) is 40.8 Å². The number of nitrogens with one attached hydrogen (secondary N) is 1. The van der Waals surface area contributed by atoms with Gasteiger partial charge < -0.3 is 9.64 Å². The molecule has 2 saturated heterocycles. The average molecular weight is 372 g/mol. The molecule has 0 aliphatic carbocycles. The number of carbonyl (C=O) groups excluding carboxylic acids is 3. The minimum Gasteiger partial charge on any atom is -0.466 e. The van der Waals surface area contributed by atoms with E-state index in [4.69, 9.17) is 0 Å². The summed E-state index contributed by atoms with van der Waals surface area (Å²) in [5.74, 6) is -0.888. The molecule has 9 heteroatoms. The highest BCUT2D eigenvalue weighted by Gasteiger charge is 2.25. The monoisotopic (exact) mass is 372 g/mol. The third-order valence-corrected chi connectivity index (χ3v) is 4.63. The number of hydrogen-bond donors (Lipinski definition) is 1. The first kappa shape index (κ1) is 17.9. The molecule has 0 radical (unpaired) electrons. The van der Waals surface area contributed by atoms with Crippen molar-refractivity contribution in [3.8, 4) is 0 Å². The van der Waals surface area contributed by atoms with E-state index in [2.05, 4.69) is 20.3 Å². The van der Waals surface area contributed by atoms with Gasteiger partial charge in [0.2, 0.25) is 5.91 Å². The number of benzene rings is 1. The zero-order valence-electron chi connectivity index (χ0n) is 14.0. The maximum absolute atomic E-state index is 11.7. The molecule has 8 nitrogen and oxygen atoms in total. The van der Waals surface area contributed by atoms with Crippen LogP contribution in [0.2, 0.25) is 0 Å². The Morgan fingerprint density at radius 2 is 2.08 bits per heavy atom. The lowest BCUT2D eigenvalue weighted by atomic mass is 10.2. The van der Waals surface area contributed by atoms with Crippen LogP contribution in [0.25, 0.3) is 0 Å². The standard InChI is InChI=1S/C17H16N4O4S/c1-25-15(23)9-13-16(24)19-17(26-13)20-18-10-11-4-6-12(7-5-11)21-8-2-3-14(21)22/h4-7,9-10H,2-3,8H2,1H3,(H,19,20,24)/b13-9+,18-10?. The number of anilines is 1. The molecule has 134 valence electrons. The van der Waals surface area contributed by atoms with E-state index in [0.29, 0.717) is 6.42 Å². The Balaban J connectivity index is 1.62. The normalized spacial score (nSPS) is 20.4. The Kier molecular flexibility index (Phi) is 5.47. The van der Waals surface area contributed by atoms with Crippen LogP contribution in [0.3, 0.4) is 0 Å². The second kappa shape index (κ2) is 7.96. The third-order valence-electron chi connectivity index (χ3n) is 3.73. The van der Waals surface area contributed by atoms with Crippen molar-refractivity contribution in [1.29, 1.82) is 0 Å². The number of carbonyl (C=O) groups is 3. The van der Waals surface area contributed by atoms with Gasteiger partial charge in [0.15, 0.2) is 5.17 Å². The Morgan fingerprint density at radius 3 is 2.73 bits per heavy atom. The molecule has 1 aromatic carbocycles. The lowest BCUT2D eigenvalue weighted by molar-refractivity contribution is -0.135. The van der Waals surface area contributed by atoms with Gasteiger partial charge in [-0.25, -0.2) is 4.79 Å². The molecular weight excluding hydrogens is 356 g/mol. The molecular formula is C17H16N4O4S. The lowest BCUT2D eigenvalue weighted by Crippen LogP contribution is -2.23. The van der Waals surface area contributed by atoms with Crippen LogP contribution in [-0.4, -0.2) is 42.8 Å². The van der Waals surface area contributed by atoms with Gasteiger partial charge in [0, 0.05) is 24.7 Å². The van der Waals surface area contributed by atoms with Gasteiger partial charge in [-0.15, -0.1) is 5.10 Å². The minimum absolute atomic E-state index is 0.141. The first-order valence-electron chi connectivity index (χ1n) is 7.87. The van der Waals surface area contributed by atoms with Gasteiger partial charge in [0.25, 0.3) is 5.91 Å². The molecule has 1 N–H and O–H groups in total. The fourth-order valence-corrected chi connectivity index (χ4v) is 3.19. The molecule has 0 spiro atoms. The maximum Gasteiger partial charge on any atom is 0.331 e. The van der Waals surface area contributed by atoms with Crippen molar-refractivity contribution >= 4 is 46.6 Å². The van der Waals surface area contributed by atoms with E-state index in [9.17, 15) is 14.4 Å². The van der Waals surface area contributed by atoms with E-state index in [0.717, 1.165) is 42.1 Å². The van der Waals surface area contributed by atoms with Gasteiger partial charge in [0.05, 0.1) is 18.2 Å². The van der Waals surface area contributed by atoms with Crippen molar-refractivity contribution in [1.82, 2.24) is 5.32 Å². The quantitative estimate of drug-likeness (QED) is 0.373. The Labute approximate surface area is 154 Å². The van der Waals surface area contributed by atoms with E-state index in [1.54, 1.807) is 4.90 Å². The number of methoxy groups -OCH3 is 1. The number of ether oxygens (including phenoxy) is 1. The van der Waals surface area contributed by atoms with Gasteiger partial charge in [0.1, 0.15) is 0 Å². The molecule has 2 aliphatic heterocycles. The molecule has 0 atom stereocenters. The predicted octanol–water partition coefficient (Wildman–Crippen LogP) is 1.42. The summed E-state index contributed by atoms with van der Waals surface area (Å²) in [4.78, 5) is 36.6. The number of thioether (sulfide) groups is 1. The summed E-state index contributed by atoms with van der Waals surface area (Å²) >= 11 is 1.01. The fraction of sp³-hybridized carbons (Fsp3) is 0.235. The van der Waals surface area contributed by atoms with Crippen LogP contribution in [-0.2, 0) is 19.1 Å². The molecule has 0 saturated carbocycles. The molecule has 26 heavy (non-hydrogen) atoms. The van der Waals surface area contributed by atoms with E-state index in [1.807, 2.05) is 24.3 Å². The number of esters is 1. The van der Waals surface area contributed by atoms with Crippen LogP contribution in [0, 0.1) is 0 Å². The number of hydrogen-bond acceptors (Lipinski definition) is 7. The summed E-state index contributed by atoms with van der Waals surface area (Å²) in [6.45, 7) is 0.748. The zero-order chi connectivity index (χ0) is 18.5. The Morgan fingerprint density at radius 1 is 1.31 bits per heavy atom. The maximum atomic E-state index is 11.7. The molecule has 1 aromatic rings. The van der Waals surface area contributed by atoms with E-state index >= 15 is 0 Å². The van der Waals surface area contributed by atoms with E-state index < -0.39 is 11.9 Å². The summed E-state index contributed by atoms with van der Waals surface area (Å²) < 4.78 is 4.49. The van der Waals surface area contributed by atoms with Gasteiger partial charge in [-0.2, -0.15) is 5.10 Å². The largest absolute Gasteiger partial charge is 0.466 e. The summed E-state index contributed by atoms with van der Waals surface area (Å²) in [6, 6.07) is 7.41. The summed E-state index contributed by atoms with van der Waals surface area (Å²) in [6.07, 6.45) is 4.12. The minimum atomic E-state index is -0.607. The summed E-state index contributed by atoms with van der Waals surface area (Å²) in [5, 5.41) is 10.7. The van der Waals surface area contributed by atoms with Gasteiger partial charge in [-0.1, -0.05) is 12.1 Å². The smallest absolute Gasteiger partial charge is 0.331 e. The predicted molar refractivity (Wildman–Crippen MR) is 98.9 cm³/mol. The van der Waals surface area contributed by atoms with Crippen LogP contribution in [0.5, 0.6) is 0 Å². The summed E-state index contributed by atoms with van der Waals surface area (Å²) in [5.41, 5.74) is 1.68. The van der Waals surface area contributed by atoms with Crippen molar-refractivity contribution in [2.45, 2.75) is 12.8 Å². The van der Waals surface area contributed by atoms with Crippen molar-refractivity contribution in [2.75, 3.05) is 18.6 Å². The SMILES string of the molecule is COC(=O)/C=C1/S/C(=N\N=Cc2ccc(N3CCCC3=O)cc2)NC1=O. The molecule has 0 bridgehead atoms. The molecule has 2 amide bonds. The molecule has 3 rings (SSSR count). The van der Waals surface area contributed by atoms with Gasteiger partial charge >= 0.3 is 5.97 Å². The lowest BCUT2D eigenvalue weighted by Gasteiger charge is -2.15. The second-order valence-electron chi connectivity index (χ2n) is 5.48. The highest BCUT2D eigenvalue weighted by Crippen LogP contribution is 2.23. The molecule has 0 unspecified atom stereocenters. The number of nitrogens with zero attached hydrogens (tertiary/aromatic N) is 3. The van der Waals surface area contributed by atoms with Crippen LogP contribution >= 0.6 is 11.8 Å². The van der Waals surface area contributed by atoms with Crippen LogP contribution in [0.1, 0.15) is 18.4 Å². The van der Waals surface area contributed by atoms with E-state index in [-0.39, 0.29) is 16.0 Å². The highest BCUT2D eigenvalue weighted by molar-refractivity contribution is 8.18. The van der Waals surface area contributed by atoms with Crippen molar-refractivity contribution in [3.63, 3.8) is 0 Å². The molecule has 2 fully saturated rings. The number of amides is 2. The van der Waals surface area contributed by atoms with Gasteiger partial charge in [-0.3, -0.25) is 14.9 Å². The van der Waals surface area contributed by atoms with Crippen molar-refractivity contribution < 1.29 is 19.1 Å². The fourth-order valence-electron chi connectivity index (χ4n) is 2.45. The topological polar surface area (TPSA) is 100 Å². The van der Waals surface area contributed by atoms with Crippen molar-refractivity contribution in [2.24, 2.45) is 10.2 Å². The molecule has 2 aliphatic rings.